The number of hydrogen-bond donors (Lipinski definition) is 2. The number of nitrogens with one attached hydrogen (secondary N) is 2. The molecule has 6 heteroatoms. The zero-order chi connectivity index (χ0) is 14.6. The van der Waals surface area contributed by atoms with Gasteiger partial charge in [0.25, 0.3) is 5.91 Å². The van der Waals surface area contributed by atoms with Gasteiger partial charge in [-0.3, -0.25) is 4.79 Å². The van der Waals surface area contributed by atoms with Gasteiger partial charge in [-0.25, -0.2) is 4.39 Å². The van der Waals surface area contributed by atoms with Crippen molar-refractivity contribution in [2.75, 3.05) is 26.8 Å². The lowest BCUT2D eigenvalue weighted by atomic mass is 9.98. The van der Waals surface area contributed by atoms with Gasteiger partial charge in [-0.1, -0.05) is 11.6 Å². The molecule has 1 aliphatic rings. The first-order valence-corrected chi connectivity index (χ1v) is 6.91. The van der Waals surface area contributed by atoms with Crippen molar-refractivity contribution in [3.8, 4) is 0 Å². The van der Waals surface area contributed by atoms with Crippen LogP contribution >= 0.6 is 11.6 Å². The lowest BCUT2D eigenvalue weighted by Crippen LogP contribution is -2.53. The molecule has 0 bridgehead atoms. The highest BCUT2D eigenvalue weighted by Gasteiger charge is 2.34. The van der Waals surface area contributed by atoms with Crippen molar-refractivity contribution in [2.45, 2.75) is 18.4 Å². The van der Waals surface area contributed by atoms with Gasteiger partial charge in [-0.05, 0) is 37.6 Å². The molecule has 0 aromatic heterocycles. The predicted molar refractivity (Wildman–Crippen MR) is 75.6 cm³/mol. The van der Waals surface area contributed by atoms with Crippen LogP contribution in [0.2, 0.25) is 5.02 Å². The second kappa shape index (κ2) is 6.52. The number of hydrogen-bond acceptors (Lipinski definition) is 3. The Bertz CT molecular complexity index is 490. The van der Waals surface area contributed by atoms with Crippen LogP contribution in [0, 0.1) is 5.82 Å². The van der Waals surface area contributed by atoms with Crippen LogP contribution in [-0.4, -0.2) is 38.3 Å². The van der Waals surface area contributed by atoms with Crippen molar-refractivity contribution in [3.63, 3.8) is 0 Å². The van der Waals surface area contributed by atoms with Crippen LogP contribution in [-0.2, 0) is 4.74 Å². The smallest absolute Gasteiger partial charge is 0.254 e. The summed E-state index contributed by atoms with van der Waals surface area (Å²) in [5.41, 5.74) is -0.257. The number of carbonyl (C=O) groups excluding carboxylic acids is 1. The van der Waals surface area contributed by atoms with E-state index in [1.165, 1.54) is 12.1 Å². The Morgan fingerprint density at radius 1 is 1.60 bits per heavy atom. The fourth-order valence-electron chi connectivity index (χ4n) is 2.49. The fourth-order valence-corrected chi connectivity index (χ4v) is 2.65. The van der Waals surface area contributed by atoms with Crippen molar-refractivity contribution in [1.29, 1.82) is 0 Å². The molecule has 20 heavy (non-hydrogen) atoms. The van der Waals surface area contributed by atoms with E-state index >= 15 is 0 Å². The molecule has 4 nitrogen and oxygen atoms in total. The average Bonchev–Trinajstić information content (AvgIpc) is 2.85. The molecule has 110 valence electrons. The predicted octanol–water partition coefficient (Wildman–Crippen LogP) is 1.98. The maximum atomic E-state index is 13.7. The normalized spacial score (nSPS) is 21.9. The molecule has 1 saturated heterocycles. The minimum Gasteiger partial charge on any atom is -0.383 e. The van der Waals surface area contributed by atoms with Crippen molar-refractivity contribution >= 4 is 17.5 Å². The van der Waals surface area contributed by atoms with Crippen molar-refractivity contribution in [2.24, 2.45) is 0 Å². The second-order valence-electron chi connectivity index (χ2n) is 5.05. The standard InChI is InChI=1S/C14H18ClFN2O2/c1-20-9-14(5-2-6-18-14)8-17-13(19)11-4-3-10(15)7-12(11)16/h3-4,7,18H,2,5-6,8-9H2,1H3,(H,17,19). The van der Waals surface area contributed by atoms with Crippen LogP contribution in [0.1, 0.15) is 23.2 Å². The Labute approximate surface area is 122 Å². The number of rotatable bonds is 5. The van der Waals surface area contributed by atoms with Gasteiger partial charge in [0.05, 0.1) is 17.7 Å². The van der Waals surface area contributed by atoms with Gasteiger partial charge in [0.1, 0.15) is 5.82 Å². The van der Waals surface area contributed by atoms with Gasteiger partial charge in [0.2, 0.25) is 0 Å². The monoisotopic (exact) mass is 300 g/mol. The van der Waals surface area contributed by atoms with E-state index in [9.17, 15) is 9.18 Å². The Hall–Kier alpha value is -1.17. The van der Waals surface area contributed by atoms with Gasteiger partial charge in [-0.15, -0.1) is 0 Å². The van der Waals surface area contributed by atoms with Gasteiger partial charge >= 0.3 is 0 Å². The van der Waals surface area contributed by atoms with E-state index in [1.54, 1.807) is 7.11 Å². The van der Waals surface area contributed by atoms with E-state index in [-0.39, 0.29) is 16.1 Å². The summed E-state index contributed by atoms with van der Waals surface area (Å²) in [4.78, 5) is 12.0. The molecule has 1 aliphatic heterocycles. The fraction of sp³-hybridized carbons (Fsp3) is 0.500. The molecular formula is C14H18ClFN2O2. The largest absolute Gasteiger partial charge is 0.383 e. The molecule has 1 aromatic carbocycles. The molecule has 0 radical (unpaired) electrons. The molecule has 1 fully saturated rings. The molecule has 1 unspecified atom stereocenters. The summed E-state index contributed by atoms with van der Waals surface area (Å²) in [6.45, 7) is 1.81. The number of methoxy groups -OCH3 is 1. The van der Waals surface area contributed by atoms with Crippen LogP contribution < -0.4 is 10.6 Å². The molecule has 0 saturated carbocycles. The number of halogens is 2. The molecule has 0 aliphatic carbocycles. The summed E-state index contributed by atoms with van der Waals surface area (Å²) in [5.74, 6) is -1.06. The van der Waals surface area contributed by atoms with E-state index in [4.69, 9.17) is 16.3 Å². The van der Waals surface area contributed by atoms with Gasteiger partial charge in [0.15, 0.2) is 0 Å². The molecule has 1 amide bonds. The Balaban J connectivity index is 2.00. The lowest BCUT2D eigenvalue weighted by Gasteiger charge is -2.29. The third-order valence-corrected chi connectivity index (χ3v) is 3.75. The van der Waals surface area contributed by atoms with E-state index in [0.717, 1.165) is 25.5 Å². The van der Waals surface area contributed by atoms with Gasteiger partial charge < -0.3 is 15.4 Å². The maximum Gasteiger partial charge on any atom is 0.254 e. The number of carbonyl (C=O) groups is 1. The summed E-state index contributed by atoms with van der Waals surface area (Å²) >= 11 is 5.67. The molecule has 1 aromatic rings. The summed E-state index contributed by atoms with van der Waals surface area (Å²) in [6, 6.07) is 4.02. The highest BCUT2D eigenvalue weighted by molar-refractivity contribution is 6.30. The zero-order valence-electron chi connectivity index (χ0n) is 11.3. The van der Waals surface area contributed by atoms with Gasteiger partial charge in [-0.2, -0.15) is 0 Å². The maximum absolute atomic E-state index is 13.7. The van der Waals surface area contributed by atoms with Gasteiger partial charge in [0, 0.05) is 18.7 Å². The number of ether oxygens (including phenoxy) is 1. The summed E-state index contributed by atoms with van der Waals surface area (Å²) in [6.07, 6.45) is 1.96. The van der Waals surface area contributed by atoms with Crippen molar-refractivity contribution < 1.29 is 13.9 Å². The molecule has 2 N–H and O–H groups in total. The van der Waals surface area contributed by atoms with Crippen LogP contribution in [0.25, 0.3) is 0 Å². The van der Waals surface area contributed by atoms with E-state index in [1.807, 2.05) is 0 Å². The summed E-state index contributed by atoms with van der Waals surface area (Å²) in [5, 5.41) is 6.38. The quantitative estimate of drug-likeness (QED) is 0.874. The topological polar surface area (TPSA) is 50.4 Å². The highest BCUT2D eigenvalue weighted by atomic mass is 35.5. The molecule has 0 spiro atoms. The number of amides is 1. The highest BCUT2D eigenvalue weighted by Crippen LogP contribution is 2.19. The zero-order valence-corrected chi connectivity index (χ0v) is 12.1. The molecule has 2 rings (SSSR count). The molecule has 1 atom stereocenters. The van der Waals surface area contributed by atoms with Crippen LogP contribution in [0.3, 0.4) is 0 Å². The number of benzene rings is 1. The Morgan fingerprint density at radius 2 is 2.40 bits per heavy atom. The third-order valence-electron chi connectivity index (χ3n) is 3.52. The van der Waals surface area contributed by atoms with Crippen molar-refractivity contribution in [3.05, 3.63) is 34.6 Å². The Morgan fingerprint density at radius 3 is 3.00 bits per heavy atom. The van der Waals surface area contributed by atoms with E-state index in [0.29, 0.717) is 13.2 Å². The Kier molecular flexibility index (Phi) is 4.96. The van der Waals surface area contributed by atoms with E-state index in [2.05, 4.69) is 10.6 Å². The van der Waals surface area contributed by atoms with Crippen LogP contribution in [0.4, 0.5) is 4.39 Å². The average molecular weight is 301 g/mol. The summed E-state index contributed by atoms with van der Waals surface area (Å²) < 4.78 is 18.9. The molecule has 1 heterocycles. The van der Waals surface area contributed by atoms with Crippen LogP contribution in [0.5, 0.6) is 0 Å². The summed E-state index contributed by atoms with van der Waals surface area (Å²) in [7, 11) is 1.63. The van der Waals surface area contributed by atoms with E-state index < -0.39 is 11.7 Å². The van der Waals surface area contributed by atoms with Crippen molar-refractivity contribution in [1.82, 2.24) is 10.6 Å². The minimum absolute atomic E-state index is 0.0000335. The first-order valence-electron chi connectivity index (χ1n) is 6.53. The SMILES string of the molecule is COCC1(CNC(=O)c2ccc(Cl)cc2F)CCCN1. The third kappa shape index (κ3) is 3.48. The van der Waals surface area contributed by atoms with Crippen LogP contribution in [0.15, 0.2) is 18.2 Å². The minimum atomic E-state index is -0.616. The molecular weight excluding hydrogens is 283 g/mol. The second-order valence-corrected chi connectivity index (χ2v) is 5.49. The first kappa shape index (κ1) is 15.2. The first-order chi connectivity index (χ1) is 9.56. The lowest BCUT2D eigenvalue weighted by molar-refractivity contribution is 0.0888.